The molecule has 12 N–H and O–H groups in total. The van der Waals surface area contributed by atoms with Gasteiger partial charge in [0.15, 0.2) is 5.75 Å². The first-order valence-electron chi connectivity index (χ1n) is 20.0. The molecule has 0 bridgehead atoms. The lowest BCUT2D eigenvalue weighted by Crippen LogP contribution is -2.59. The van der Waals surface area contributed by atoms with Gasteiger partial charge >= 0.3 is 17.6 Å². The summed E-state index contributed by atoms with van der Waals surface area (Å²) in [7, 11) is 0. The van der Waals surface area contributed by atoms with Crippen LogP contribution in [0.3, 0.4) is 0 Å². The molecule has 2 aromatic carbocycles. The molecule has 0 radical (unpaired) electrons. The number of rotatable bonds is 24. The van der Waals surface area contributed by atoms with Gasteiger partial charge in [-0.05, 0) is 68.2 Å². The maximum absolute atomic E-state index is 13.8. The van der Waals surface area contributed by atoms with Gasteiger partial charge in [0.25, 0.3) is 0 Å². The minimum atomic E-state index is -1.56. The van der Waals surface area contributed by atoms with Crippen molar-refractivity contribution in [1.29, 1.82) is 0 Å². The number of carboxylic acids is 2. The first-order chi connectivity index (χ1) is 29.2. The summed E-state index contributed by atoms with van der Waals surface area (Å²) >= 11 is 0. The standard InChI is InChI=1S/C40H55N9O13/c1-21(2)17-28(43-20-24-7-4-5-8-25(24)41)37(57)46-27(12-15-34(53)54)36(56)44-22(3)40(60)48-16-6-9-30(48)39(59)47-29(18-23-10-13-32(50)31(19-23)49(61)62)38(58)45-26(35(42)55)11-14-33(51)52/h4-5,7-8,10,13,19,21-22,26-30,43,50H,6,9,11-12,14-18,20,41H2,1-3H3,(H2,42,55)(H,44,56)(H,45,58)(H,46,57)(H,47,59)(H,51,52)(H,53,54)/t22-,26-,27-,28-,29-,30-/m0/s1. The molecule has 6 amide bonds. The molecule has 1 heterocycles. The van der Waals surface area contributed by atoms with Crippen molar-refractivity contribution in [3.8, 4) is 5.75 Å². The molecule has 1 aliphatic rings. The highest BCUT2D eigenvalue weighted by molar-refractivity contribution is 5.97. The number of benzene rings is 2. The molecule has 62 heavy (non-hydrogen) atoms. The Morgan fingerprint density at radius 2 is 1.44 bits per heavy atom. The zero-order chi connectivity index (χ0) is 46.3. The summed E-state index contributed by atoms with van der Waals surface area (Å²) in [5.41, 5.74) is 12.1. The van der Waals surface area contributed by atoms with E-state index >= 15 is 0 Å². The van der Waals surface area contributed by atoms with Gasteiger partial charge in [0.1, 0.15) is 30.2 Å². The van der Waals surface area contributed by atoms with Gasteiger partial charge < -0.3 is 58.3 Å². The molecule has 0 unspecified atom stereocenters. The zero-order valence-electron chi connectivity index (χ0n) is 34.6. The number of aliphatic carboxylic acids is 2. The van der Waals surface area contributed by atoms with Crippen LogP contribution >= 0.6 is 0 Å². The third-order valence-electron chi connectivity index (χ3n) is 10.1. The van der Waals surface area contributed by atoms with Crippen LogP contribution in [-0.2, 0) is 51.3 Å². The Bertz CT molecular complexity index is 2000. The van der Waals surface area contributed by atoms with Crippen LogP contribution in [0.1, 0.15) is 76.8 Å². The van der Waals surface area contributed by atoms with Crippen molar-refractivity contribution in [1.82, 2.24) is 31.5 Å². The quantitative estimate of drug-likeness (QED) is 0.0371. The lowest BCUT2D eigenvalue weighted by Gasteiger charge is -2.30. The second-order valence-electron chi connectivity index (χ2n) is 15.4. The number of para-hydroxylation sites is 1. The van der Waals surface area contributed by atoms with Crippen LogP contribution < -0.4 is 38.1 Å². The van der Waals surface area contributed by atoms with Crippen LogP contribution in [0.15, 0.2) is 42.5 Å². The van der Waals surface area contributed by atoms with Gasteiger partial charge in [-0.15, -0.1) is 0 Å². The molecule has 1 fully saturated rings. The second kappa shape index (κ2) is 23.2. The maximum atomic E-state index is 13.8. The SMILES string of the molecule is CC(C)C[C@H](NCc1ccccc1N)C(=O)N[C@@H](CCC(=O)O)C(=O)N[C@@H](C)C(=O)N1CCC[C@H]1C(=O)N[C@@H](Cc1ccc(O)c([N+](=O)[O-])c1)C(=O)N[C@@H](CCC(=O)O)C(N)=O. The molecule has 0 aliphatic carbocycles. The molecule has 22 nitrogen and oxygen atoms in total. The summed E-state index contributed by atoms with van der Waals surface area (Å²) in [5.74, 6) is -8.24. The van der Waals surface area contributed by atoms with Gasteiger partial charge in [0.2, 0.25) is 35.4 Å². The number of phenols is 1. The number of nitrogens with one attached hydrogen (secondary N) is 5. The summed E-state index contributed by atoms with van der Waals surface area (Å²) < 4.78 is 0. The van der Waals surface area contributed by atoms with Gasteiger partial charge in [-0.3, -0.25) is 48.5 Å². The number of carbonyl (C=O) groups is 8. The summed E-state index contributed by atoms with van der Waals surface area (Å²) in [5, 5.41) is 53.0. The highest BCUT2D eigenvalue weighted by atomic mass is 16.6. The van der Waals surface area contributed by atoms with Crippen LogP contribution in [0.25, 0.3) is 0 Å². The van der Waals surface area contributed by atoms with Crippen molar-refractivity contribution < 1.29 is 58.6 Å². The van der Waals surface area contributed by atoms with Gasteiger partial charge in [-0.2, -0.15) is 0 Å². The summed E-state index contributed by atoms with van der Waals surface area (Å²) in [6.45, 7) is 5.41. The molecule has 1 aliphatic heterocycles. The number of nitrogen functional groups attached to an aromatic ring is 1. The average Bonchev–Trinajstić information content (AvgIpc) is 3.70. The number of nitro benzene ring substituents is 1. The Morgan fingerprint density at radius 3 is 2.03 bits per heavy atom. The van der Waals surface area contributed by atoms with E-state index in [4.69, 9.17) is 16.6 Å². The maximum Gasteiger partial charge on any atom is 0.310 e. The largest absolute Gasteiger partial charge is 0.502 e. The van der Waals surface area contributed by atoms with E-state index in [0.717, 1.165) is 17.7 Å². The molecule has 3 rings (SSSR count). The minimum Gasteiger partial charge on any atom is -0.502 e. The lowest BCUT2D eigenvalue weighted by molar-refractivity contribution is -0.385. The number of nitrogens with zero attached hydrogens (tertiary/aromatic N) is 2. The average molecular weight is 870 g/mol. The van der Waals surface area contributed by atoms with E-state index in [-0.39, 0.29) is 37.4 Å². The number of anilines is 1. The van der Waals surface area contributed by atoms with Crippen LogP contribution in [-0.4, -0.2) is 115 Å². The molecule has 0 spiro atoms. The van der Waals surface area contributed by atoms with Crippen molar-refractivity contribution in [3.05, 3.63) is 63.7 Å². The first kappa shape index (κ1) is 49.5. The molecule has 22 heteroatoms. The number of carbonyl (C=O) groups excluding carboxylic acids is 6. The van der Waals surface area contributed by atoms with E-state index in [2.05, 4.69) is 26.6 Å². The number of amides is 6. The Kier molecular flexibility index (Phi) is 18.6. The van der Waals surface area contributed by atoms with Crippen LogP contribution in [0.4, 0.5) is 11.4 Å². The van der Waals surface area contributed by atoms with Gasteiger partial charge in [0, 0.05) is 44.1 Å². The number of nitrogens with two attached hydrogens (primary N) is 2. The van der Waals surface area contributed by atoms with Crippen LogP contribution in [0, 0.1) is 16.0 Å². The summed E-state index contributed by atoms with van der Waals surface area (Å²) in [6.07, 6.45) is -1.39. The minimum absolute atomic E-state index is 0.0377. The molecular formula is C40H55N9O13. The number of hydrogen-bond donors (Lipinski definition) is 10. The van der Waals surface area contributed by atoms with Crippen LogP contribution in [0.2, 0.25) is 0 Å². The molecule has 1 saturated heterocycles. The molecular weight excluding hydrogens is 814 g/mol. The fourth-order valence-electron chi connectivity index (χ4n) is 6.80. The van der Waals surface area contributed by atoms with Crippen molar-refractivity contribution in [3.63, 3.8) is 0 Å². The summed E-state index contributed by atoms with van der Waals surface area (Å²) in [4.78, 5) is 115. The van der Waals surface area contributed by atoms with E-state index in [9.17, 15) is 58.7 Å². The zero-order valence-corrected chi connectivity index (χ0v) is 34.6. The van der Waals surface area contributed by atoms with Crippen molar-refractivity contribution in [2.75, 3.05) is 12.3 Å². The van der Waals surface area contributed by atoms with Gasteiger partial charge in [0.05, 0.1) is 11.0 Å². The topological polar surface area (TPSA) is 356 Å². The third-order valence-corrected chi connectivity index (χ3v) is 10.1. The molecule has 2 aromatic rings. The monoisotopic (exact) mass is 869 g/mol. The smallest absolute Gasteiger partial charge is 0.310 e. The second-order valence-corrected chi connectivity index (χ2v) is 15.4. The lowest BCUT2D eigenvalue weighted by atomic mass is 10.0. The Morgan fingerprint density at radius 1 is 0.839 bits per heavy atom. The highest BCUT2D eigenvalue weighted by Gasteiger charge is 2.39. The number of likely N-dealkylation sites (tertiary alicyclic amines) is 1. The predicted molar refractivity (Wildman–Crippen MR) is 220 cm³/mol. The van der Waals surface area contributed by atoms with E-state index < -0.39 is 126 Å². The van der Waals surface area contributed by atoms with Crippen molar-refractivity contribution in [2.45, 2.75) is 115 Å². The third kappa shape index (κ3) is 15.0. The van der Waals surface area contributed by atoms with Gasteiger partial charge in [-0.1, -0.05) is 38.1 Å². The molecule has 338 valence electrons. The van der Waals surface area contributed by atoms with Crippen molar-refractivity contribution >= 4 is 58.8 Å². The fourth-order valence-corrected chi connectivity index (χ4v) is 6.80. The Labute approximate surface area is 356 Å². The number of primary amides is 1. The number of phenolic OH excluding ortho intramolecular Hbond substituents is 1. The molecule has 0 saturated carbocycles. The van der Waals surface area contributed by atoms with Gasteiger partial charge in [-0.25, -0.2) is 0 Å². The fraction of sp³-hybridized carbons (Fsp3) is 0.500. The highest BCUT2D eigenvalue weighted by Crippen LogP contribution is 2.27. The number of nitro groups is 1. The Hall–Kier alpha value is -6.84. The van der Waals surface area contributed by atoms with E-state index in [1.54, 1.807) is 24.3 Å². The van der Waals surface area contributed by atoms with Crippen molar-refractivity contribution in [2.24, 2.45) is 11.7 Å². The molecule has 0 aromatic heterocycles. The molecule has 6 atom stereocenters. The number of hydrogen-bond acceptors (Lipinski definition) is 13. The van der Waals surface area contributed by atoms with E-state index in [0.29, 0.717) is 18.5 Å². The van der Waals surface area contributed by atoms with E-state index in [1.807, 2.05) is 13.8 Å². The number of carboxylic acid groups (broad SMARTS) is 2. The van der Waals surface area contributed by atoms with E-state index in [1.165, 1.54) is 17.9 Å². The predicted octanol–water partition coefficient (Wildman–Crippen LogP) is -0.205. The van der Waals surface area contributed by atoms with Crippen LogP contribution in [0.5, 0.6) is 5.75 Å². The first-order valence-corrected chi connectivity index (χ1v) is 20.0. The normalized spacial score (nSPS) is 15.9. The number of aromatic hydroxyl groups is 1. The Balaban J connectivity index is 1.79. The summed E-state index contributed by atoms with van der Waals surface area (Å²) in [6, 6.07) is 2.59.